The van der Waals surface area contributed by atoms with Crippen molar-refractivity contribution in [1.82, 2.24) is 4.98 Å². The van der Waals surface area contributed by atoms with Crippen LogP contribution >= 0.6 is 0 Å². The van der Waals surface area contributed by atoms with E-state index in [4.69, 9.17) is 5.11 Å². The molecule has 0 aliphatic heterocycles. The molecule has 0 unspecified atom stereocenters. The molecule has 0 saturated heterocycles. The van der Waals surface area contributed by atoms with E-state index in [0.717, 1.165) is 5.39 Å². The van der Waals surface area contributed by atoms with Crippen molar-refractivity contribution in [3.05, 3.63) is 71.9 Å². The minimum atomic E-state index is -2.95. The number of para-hydroxylation sites is 1. The number of ketones is 1. The van der Waals surface area contributed by atoms with Crippen LogP contribution in [0.3, 0.4) is 0 Å². The maximum Gasteiger partial charge on any atom is 0.387 e. The molecule has 0 atom stereocenters. The minimum Gasteiger partial charge on any atom is -0.475 e. The molecule has 27 heavy (non-hydrogen) atoms. The average Bonchev–Trinajstić information content (AvgIpc) is 2.66. The molecular formula is C20H13F2NO4. The van der Waals surface area contributed by atoms with Crippen LogP contribution in [-0.4, -0.2) is 28.5 Å². The lowest BCUT2D eigenvalue weighted by molar-refractivity contribution is -0.146. The summed E-state index contributed by atoms with van der Waals surface area (Å²) in [5.74, 6) is -2.78. The van der Waals surface area contributed by atoms with Gasteiger partial charge >= 0.3 is 12.6 Å². The first kappa shape index (κ1) is 18.2. The lowest BCUT2D eigenvalue weighted by Crippen LogP contribution is -2.15. The van der Waals surface area contributed by atoms with E-state index in [2.05, 4.69) is 9.72 Å². The number of carbonyl (C=O) groups excluding carboxylic acids is 1. The van der Waals surface area contributed by atoms with Crippen LogP contribution in [0, 0.1) is 0 Å². The van der Waals surface area contributed by atoms with Crippen molar-refractivity contribution < 1.29 is 28.2 Å². The van der Waals surface area contributed by atoms with E-state index in [0.29, 0.717) is 11.1 Å². The maximum atomic E-state index is 12.2. The fourth-order valence-corrected chi connectivity index (χ4v) is 2.50. The van der Waals surface area contributed by atoms with Crippen molar-refractivity contribution in [2.45, 2.75) is 6.61 Å². The highest BCUT2D eigenvalue weighted by molar-refractivity contribution is 6.52. The molecule has 3 aromatic rings. The van der Waals surface area contributed by atoms with Gasteiger partial charge in [0.1, 0.15) is 5.75 Å². The molecule has 1 aromatic heterocycles. The van der Waals surface area contributed by atoms with Crippen LogP contribution in [0.15, 0.2) is 60.7 Å². The Morgan fingerprint density at radius 1 is 1.00 bits per heavy atom. The summed E-state index contributed by atoms with van der Waals surface area (Å²) in [4.78, 5) is 27.7. The van der Waals surface area contributed by atoms with Gasteiger partial charge < -0.3 is 9.84 Å². The molecule has 0 spiro atoms. The first-order valence-corrected chi connectivity index (χ1v) is 7.84. The number of fused-ring (bicyclic) bond motifs is 1. The largest absolute Gasteiger partial charge is 0.475 e. The summed E-state index contributed by atoms with van der Waals surface area (Å²) in [5, 5.41) is 9.97. The Morgan fingerprint density at radius 3 is 2.37 bits per heavy atom. The zero-order chi connectivity index (χ0) is 19.4. The molecule has 0 aliphatic rings. The number of alkyl halides is 2. The van der Waals surface area contributed by atoms with Crippen molar-refractivity contribution in [1.29, 1.82) is 0 Å². The third kappa shape index (κ3) is 4.33. The summed E-state index contributed by atoms with van der Waals surface area (Å²) in [6.45, 7) is -2.95. The van der Waals surface area contributed by atoms with Gasteiger partial charge in [0.15, 0.2) is 0 Å². The second kappa shape index (κ2) is 7.74. The predicted octanol–water partition coefficient (Wildman–Crippen LogP) is 4.03. The van der Waals surface area contributed by atoms with Crippen LogP contribution in [0.5, 0.6) is 5.75 Å². The number of ether oxygens (including phenoxy) is 1. The summed E-state index contributed by atoms with van der Waals surface area (Å²) < 4.78 is 28.7. The van der Waals surface area contributed by atoms with Gasteiger partial charge in [-0.25, -0.2) is 9.78 Å². The molecule has 0 amide bonds. The van der Waals surface area contributed by atoms with Gasteiger partial charge in [-0.1, -0.05) is 36.4 Å². The van der Waals surface area contributed by atoms with Gasteiger partial charge in [0.05, 0.1) is 16.8 Å². The average molecular weight is 369 g/mol. The fourth-order valence-electron chi connectivity index (χ4n) is 2.50. The van der Waals surface area contributed by atoms with Gasteiger partial charge in [-0.2, -0.15) is 8.78 Å². The van der Waals surface area contributed by atoms with Crippen LogP contribution in [0.1, 0.15) is 11.3 Å². The highest BCUT2D eigenvalue weighted by Crippen LogP contribution is 2.23. The minimum absolute atomic E-state index is 0.0444. The molecule has 0 fully saturated rings. The molecule has 0 bridgehead atoms. The van der Waals surface area contributed by atoms with Crippen LogP contribution in [-0.2, 0) is 9.59 Å². The van der Waals surface area contributed by atoms with Gasteiger partial charge in [-0.05, 0) is 35.9 Å². The summed E-state index contributed by atoms with van der Waals surface area (Å²) in [5.41, 5.74) is 1.14. The molecule has 1 heterocycles. The number of rotatable bonds is 6. The number of halogens is 2. The number of nitrogens with zero attached hydrogens (tertiary/aromatic N) is 1. The van der Waals surface area contributed by atoms with E-state index >= 15 is 0 Å². The summed E-state index contributed by atoms with van der Waals surface area (Å²) in [6, 6.07) is 16.0. The normalized spacial score (nSPS) is 11.6. The molecular weight excluding hydrogens is 356 g/mol. The lowest BCUT2D eigenvalue weighted by atomic mass is 10.0. The Hall–Kier alpha value is -3.61. The van der Waals surface area contributed by atoms with Crippen LogP contribution in [0.2, 0.25) is 0 Å². The number of benzene rings is 2. The smallest absolute Gasteiger partial charge is 0.387 e. The van der Waals surface area contributed by atoms with Gasteiger partial charge in [0.25, 0.3) is 5.78 Å². The molecule has 2 aromatic carbocycles. The van der Waals surface area contributed by atoms with Gasteiger partial charge in [0, 0.05) is 5.39 Å². The maximum absolute atomic E-state index is 12.2. The number of Topliss-reactive ketones (excluding diaryl/α,β-unsaturated/α-hetero) is 1. The van der Waals surface area contributed by atoms with E-state index in [9.17, 15) is 18.4 Å². The van der Waals surface area contributed by atoms with E-state index in [1.165, 1.54) is 30.3 Å². The van der Waals surface area contributed by atoms with Crippen molar-refractivity contribution in [2.24, 2.45) is 0 Å². The molecule has 1 N–H and O–H groups in total. The predicted molar refractivity (Wildman–Crippen MR) is 95.3 cm³/mol. The number of carboxylic acid groups (broad SMARTS) is 1. The summed E-state index contributed by atoms with van der Waals surface area (Å²) in [7, 11) is 0. The molecule has 5 nitrogen and oxygen atoms in total. The van der Waals surface area contributed by atoms with Crippen molar-refractivity contribution in [2.75, 3.05) is 0 Å². The fraction of sp³-hybridized carbons (Fsp3) is 0.0500. The van der Waals surface area contributed by atoms with Crippen LogP contribution in [0.25, 0.3) is 22.6 Å². The van der Waals surface area contributed by atoms with E-state index in [-0.39, 0.29) is 17.0 Å². The summed E-state index contributed by atoms with van der Waals surface area (Å²) in [6.07, 6.45) is 1.35. The summed E-state index contributed by atoms with van der Waals surface area (Å²) >= 11 is 0. The molecule has 0 saturated carbocycles. The number of aromatic nitrogens is 1. The number of hydrogen-bond donors (Lipinski definition) is 1. The standard InChI is InChI=1S/C20H13F2NO4/c21-20(22)27-14-8-5-12(6-9-14)11-15(18(24)19(25)26)17-10-7-13-3-1-2-4-16(13)23-17/h1-11,20H,(H,25,26). The Balaban J connectivity index is 2.03. The second-order valence-corrected chi connectivity index (χ2v) is 5.53. The first-order valence-electron chi connectivity index (χ1n) is 7.84. The molecule has 0 aliphatic carbocycles. The Bertz CT molecular complexity index is 1030. The first-order chi connectivity index (χ1) is 12.9. The van der Waals surface area contributed by atoms with Crippen LogP contribution in [0.4, 0.5) is 8.78 Å². The van der Waals surface area contributed by atoms with E-state index in [1.54, 1.807) is 24.3 Å². The SMILES string of the molecule is O=C(O)C(=O)C(=Cc1ccc(OC(F)F)cc1)c1ccc2ccccc2n1. The lowest BCUT2D eigenvalue weighted by Gasteiger charge is -2.07. The van der Waals surface area contributed by atoms with Crippen molar-refractivity contribution in [3.63, 3.8) is 0 Å². The van der Waals surface area contributed by atoms with Gasteiger partial charge in [-0.3, -0.25) is 4.79 Å². The number of aliphatic carboxylic acids is 1. The Kier molecular flexibility index (Phi) is 5.21. The highest BCUT2D eigenvalue weighted by atomic mass is 19.3. The van der Waals surface area contributed by atoms with Crippen molar-refractivity contribution >= 4 is 34.3 Å². The number of pyridine rings is 1. The van der Waals surface area contributed by atoms with Crippen molar-refractivity contribution in [3.8, 4) is 5.75 Å². The molecule has 0 radical (unpaired) electrons. The number of hydrogen-bond acceptors (Lipinski definition) is 4. The monoisotopic (exact) mass is 369 g/mol. The van der Waals surface area contributed by atoms with E-state index < -0.39 is 18.4 Å². The molecule has 136 valence electrons. The highest BCUT2D eigenvalue weighted by Gasteiger charge is 2.21. The third-order valence-electron chi connectivity index (χ3n) is 3.73. The topological polar surface area (TPSA) is 76.5 Å². The molecule has 7 heteroatoms. The molecule has 3 rings (SSSR count). The second-order valence-electron chi connectivity index (χ2n) is 5.53. The third-order valence-corrected chi connectivity index (χ3v) is 3.73. The van der Waals surface area contributed by atoms with E-state index in [1.807, 2.05) is 12.1 Å². The number of carboxylic acids is 1. The quantitative estimate of drug-likeness (QED) is 0.524. The Labute approximate surface area is 152 Å². The zero-order valence-electron chi connectivity index (χ0n) is 13.8. The zero-order valence-corrected chi connectivity index (χ0v) is 13.8. The van der Waals surface area contributed by atoms with Gasteiger partial charge in [0.2, 0.25) is 0 Å². The van der Waals surface area contributed by atoms with Gasteiger partial charge in [-0.15, -0.1) is 0 Å². The Morgan fingerprint density at radius 2 is 1.70 bits per heavy atom. The van der Waals surface area contributed by atoms with Crippen LogP contribution < -0.4 is 4.74 Å². The number of carbonyl (C=O) groups is 2.